The van der Waals surface area contributed by atoms with Crippen LogP contribution in [0.2, 0.25) is 0 Å². The van der Waals surface area contributed by atoms with E-state index < -0.39 is 18.6 Å². The van der Waals surface area contributed by atoms with Crippen molar-refractivity contribution in [1.29, 1.82) is 0 Å². The molecule has 0 saturated heterocycles. The van der Waals surface area contributed by atoms with Crippen LogP contribution < -0.4 is 5.32 Å². The summed E-state index contributed by atoms with van der Waals surface area (Å²) in [5, 5.41) is 1.63. The van der Waals surface area contributed by atoms with Gasteiger partial charge in [0.2, 0.25) is 5.01 Å². The van der Waals surface area contributed by atoms with E-state index in [4.69, 9.17) is 0 Å². The molecule has 0 radical (unpaired) electrons. The van der Waals surface area contributed by atoms with E-state index >= 15 is 0 Å². The summed E-state index contributed by atoms with van der Waals surface area (Å²) in [4.78, 5) is 14.6. The molecule has 0 bridgehead atoms. The molecular formula is C6H6F3N3OS. The topological polar surface area (TPSA) is 54.9 Å². The van der Waals surface area contributed by atoms with Crippen molar-refractivity contribution < 1.29 is 18.0 Å². The quantitative estimate of drug-likeness (QED) is 0.821. The van der Waals surface area contributed by atoms with Crippen LogP contribution >= 0.6 is 11.5 Å². The third-order valence-electron chi connectivity index (χ3n) is 1.17. The molecule has 0 unspecified atom stereocenters. The second-order valence-electron chi connectivity index (χ2n) is 2.44. The predicted octanol–water partition coefficient (Wildman–Crippen LogP) is 1.14. The lowest BCUT2D eigenvalue weighted by Gasteiger charge is -2.05. The average Bonchev–Trinajstić information content (AvgIpc) is 2.46. The summed E-state index contributed by atoms with van der Waals surface area (Å²) in [6.45, 7) is 0.196. The highest BCUT2D eigenvalue weighted by Crippen LogP contribution is 2.12. The van der Waals surface area contributed by atoms with E-state index in [-0.39, 0.29) is 5.01 Å². The highest BCUT2D eigenvalue weighted by molar-refractivity contribution is 7.07. The maximum Gasteiger partial charge on any atom is 0.405 e. The molecule has 4 nitrogen and oxygen atoms in total. The Balaban J connectivity index is 2.52. The third kappa shape index (κ3) is 3.29. The molecule has 1 heterocycles. The Labute approximate surface area is 81.3 Å². The van der Waals surface area contributed by atoms with Crippen LogP contribution in [0.4, 0.5) is 13.2 Å². The Bertz CT molecular complexity index is 335. The van der Waals surface area contributed by atoms with Crippen LogP contribution in [-0.2, 0) is 0 Å². The second kappa shape index (κ2) is 3.91. The number of amides is 1. The Hall–Kier alpha value is -1.18. The Morgan fingerprint density at radius 3 is 2.64 bits per heavy atom. The maximum absolute atomic E-state index is 11.7. The molecule has 8 heteroatoms. The molecule has 78 valence electrons. The smallest absolute Gasteiger partial charge is 0.341 e. The number of nitrogens with one attached hydrogen (secondary N) is 1. The van der Waals surface area contributed by atoms with Gasteiger partial charge in [0.05, 0.1) is 0 Å². The lowest BCUT2D eigenvalue weighted by atomic mass is 10.5. The molecule has 0 aliphatic heterocycles. The molecule has 1 aromatic heterocycles. The number of halogens is 3. The molecule has 1 N–H and O–H groups in total. The molecule has 0 saturated carbocycles. The van der Waals surface area contributed by atoms with E-state index in [1.165, 1.54) is 0 Å². The Morgan fingerprint density at radius 2 is 2.21 bits per heavy atom. The van der Waals surface area contributed by atoms with E-state index in [0.29, 0.717) is 5.82 Å². The minimum atomic E-state index is -4.41. The van der Waals surface area contributed by atoms with Crippen molar-refractivity contribution in [3.05, 3.63) is 10.8 Å². The maximum atomic E-state index is 11.7. The first-order chi connectivity index (χ1) is 6.38. The number of hydrogen-bond acceptors (Lipinski definition) is 4. The van der Waals surface area contributed by atoms with Gasteiger partial charge in [-0.1, -0.05) is 0 Å². The predicted molar refractivity (Wildman–Crippen MR) is 43.0 cm³/mol. The van der Waals surface area contributed by atoms with E-state index in [0.717, 1.165) is 11.5 Å². The van der Waals surface area contributed by atoms with Crippen LogP contribution in [0.3, 0.4) is 0 Å². The van der Waals surface area contributed by atoms with Gasteiger partial charge >= 0.3 is 6.18 Å². The van der Waals surface area contributed by atoms with Crippen LogP contribution in [0.25, 0.3) is 0 Å². The molecule has 1 aromatic rings. The van der Waals surface area contributed by atoms with Crippen LogP contribution in [0.1, 0.15) is 15.6 Å². The van der Waals surface area contributed by atoms with Crippen molar-refractivity contribution in [2.45, 2.75) is 13.1 Å². The van der Waals surface area contributed by atoms with Gasteiger partial charge in [-0.15, -0.1) is 0 Å². The van der Waals surface area contributed by atoms with Crippen molar-refractivity contribution in [3.63, 3.8) is 0 Å². The summed E-state index contributed by atoms with van der Waals surface area (Å²) in [6, 6.07) is 0. The number of nitrogens with zero attached hydrogens (tertiary/aromatic N) is 2. The molecule has 0 aromatic carbocycles. The van der Waals surface area contributed by atoms with Gasteiger partial charge in [0.15, 0.2) is 0 Å². The largest absolute Gasteiger partial charge is 0.405 e. The zero-order chi connectivity index (χ0) is 10.8. The fourth-order valence-corrected chi connectivity index (χ4v) is 1.23. The van der Waals surface area contributed by atoms with Crippen molar-refractivity contribution in [2.75, 3.05) is 6.54 Å². The zero-order valence-electron chi connectivity index (χ0n) is 7.05. The minimum absolute atomic E-state index is 0.0632. The standard InChI is InChI=1S/C6H6F3N3OS/c1-3-11-5(14-12-3)4(13)10-2-6(7,8)9/h2H2,1H3,(H,10,13). The lowest BCUT2D eigenvalue weighted by molar-refractivity contribution is -0.123. The van der Waals surface area contributed by atoms with E-state index in [1.807, 2.05) is 0 Å². The number of hydrogen-bond donors (Lipinski definition) is 1. The van der Waals surface area contributed by atoms with Crippen molar-refractivity contribution >= 4 is 17.4 Å². The summed E-state index contributed by atoms with van der Waals surface area (Å²) in [7, 11) is 0. The SMILES string of the molecule is Cc1nsc(C(=O)NCC(F)(F)F)n1. The lowest BCUT2D eigenvalue weighted by Crippen LogP contribution is -2.33. The van der Waals surface area contributed by atoms with E-state index in [9.17, 15) is 18.0 Å². The molecule has 0 spiro atoms. The van der Waals surface area contributed by atoms with E-state index in [1.54, 1.807) is 12.2 Å². The molecule has 1 amide bonds. The number of aryl methyl sites for hydroxylation is 1. The van der Waals surface area contributed by atoms with Gasteiger partial charge < -0.3 is 5.32 Å². The molecular weight excluding hydrogens is 219 g/mol. The van der Waals surface area contributed by atoms with Gasteiger partial charge in [-0.2, -0.15) is 17.5 Å². The first-order valence-electron chi connectivity index (χ1n) is 3.54. The van der Waals surface area contributed by atoms with Gasteiger partial charge in [-0.3, -0.25) is 4.79 Å². The molecule has 1 rings (SSSR count). The van der Waals surface area contributed by atoms with Gasteiger partial charge in [0, 0.05) is 0 Å². The Morgan fingerprint density at radius 1 is 1.57 bits per heavy atom. The molecule has 14 heavy (non-hydrogen) atoms. The Kier molecular flexibility index (Phi) is 3.04. The van der Waals surface area contributed by atoms with Crippen molar-refractivity contribution in [2.24, 2.45) is 0 Å². The fourth-order valence-electron chi connectivity index (χ4n) is 0.645. The number of carbonyl (C=O) groups excluding carboxylic acids is 1. The van der Waals surface area contributed by atoms with Gasteiger partial charge in [0.25, 0.3) is 5.91 Å². The molecule has 0 aliphatic carbocycles. The summed E-state index contributed by atoms with van der Waals surface area (Å²) in [5.41, 5.74) is 0. The number of aromatic nitrogens is 2. The zero-order valence-corrected chi connectivity index (χ0v) is 7.87. The van der Waals surface area contributed by atoms with E-state index in [2.05, 4.69) is 9.36 Å². The highest BCUT2D eigenvalue weighted by Gasteiger charge is 2.28. The second-order valence-corrected chi connectivity index (χ2v) is 3.20. The van der Waals surface area contributed by atoms with Crippen molar-refractivity contribution in [1.82, 2.24) is 14.7 Å². The fraction of sp³-hybridized carbons (Fsp3) is 0.500. The highest BCUT2D eigenvalue weighted by atomic mass is 32.1. The summed E-state index contributed by atoms with van der Waals surface area (Å²) < 4.78 is 38.7. The van der Waals surface area contributed by atoms with Crippen LogP contribution in [0.15, 0.2) is 0 Å². The first kappa shape index (κ1) is 10.9. The van der Waals surface area contributed by atoms with Crippen LogP contribution in [0, 0.1) is 6.92 Å². The summed E-state index contributed by atoms with van der Waals surface area (Å²) in [6.07, 6.45) is -4.41. The third-order valence-corrected chi connectivity index (χ3v) is 1.98. The first-order valence-corrected chi connectivity index (χ1v) is 4.31. The number of carbonyl (C=O) groups is 1. The number of alkyl halides is 3. The van der Waals surface area contributed by atoms with Gasteiger partial charge in [-0.25, -0.2) is 4.98 Å². The van der Waals surface area contributed by atoms with Gasteiger partial charge in [-0.05, 0) is 18.5 Å². The van der Waals surface area contributed by atoms with Crippen LogP contribution in [0.5, 0.6) is 0 Å². The normalized spacial score (nSPS) is 11.4. The number of rotatable bonds is 2. The summed E-state index contributed by atoms with van der Waals surface area (Å²) >= 11 is 0.768. The van der Waals surface area contributed by atoms with Gasteiger partial charge in [0.1, 0.15) is 12.4 Å². The van der Waals surface area contributed by atoms with Crippen molar-refractivity contribution in [3.8, 4) is 0 Å². The average molecular weight is 225 g/mol. The molecule has 0 fully saturated rings. The molecule has 0 atom stereocenters. The van der Waals surface area contributed by atoms with Crippen LogP contribution in [-0.4, -0.2) is 28.0 Å². The molecule has 0 aliphatic rings. The monoisotopic (exact) mass is 225 g/mol. The summed E-state index contributed by atoms with van der Waals surface area (Å²) in [5.74, 6) is -0.486. The minimum Gasteiger partial charge on any atom is -0.341 e.